The lowest BCUT2D eigenvalue weighted by molar-refractivity contribution is 0.593. The third-order valence-corrected chi connectivity index (χ3v) is 6.20. The van der Waals surface area contributed by atoms with Crippen LogP contribution in [0.2, 0.25) is 5.02 Å². The van der Waals surface area contributed by atoms with Crippen LogP contribution in [0, 0.1) is 0 Å². The summed E-state index contributed by atoms with van der Waals surface area (Å²) in [6.07, 6.45) is 0. The van der Waals surface area contributed by atoms with Gasteiger partial charge < -0.3 is 5.73 Å². The van der Waals surface area contributed by atoms with Gasteiger partial charge >= 0.3 is 0 Å². The van der Waals surface area contributed by atoms with Crippen molar-refractivity contribution in [3.8, 4) is 0 Å². The molecule has 0 aromatic heterocycles. The van der Waals surface area contributed by atoms with E-state index in [2.05, 4.69) is 0 Å². The van der Waals surface area contributed by atoms with Crippen molar-refractivity contribution in [2.75, 3.05) is 0 Å². The van der Waals surface area contributed by atoms with Crippen LogP contribution >= 0.6 is 11.6 Å². The number of benzene rings is 2. The van der Waals surface area contributed by atoms with Crippen LogP contribution in [-0.2, 0) is 9.84 Å². The molecule has 3 rings (SSSR count). The summed E-state index contributed by atoms with van der Waals surface area (Å²) in [4.78, 5) is 0.279. The van der Waals surface area contributed by atoms with E-state index < -0.39 is 15.1 Å². The van der Waals surface area contributed by atoms with Crippen molar-refractivity contribution < 1.29 is 8.42 Å². The lowest BCUT2D eigenvalue weighted by atomic mass is 10.1. The monoisotopic (exact) mass is 307 g/mol. The molecule has 3 atom stereocenters. The number of sulfone groups is 1. The molecule has 0 heterocycles. The van der Waals surface area contributed by atoms with Gasteiger partial charge in [0.05, 0.1) is 10.1 Å². The fraction of sp³-hybridized carbons (Fsp3) is 0.200. The van der Waals surface area contributed by atoms with Gasteiger partial charge in [-0.3, -0.25) is 0 Å². The van der Waals surface area contributed by atoms with E-state index in [1.807, 2.05) is 30.3 Å². The molecule has 104 valence electrons. The maximum atomic E-state index is 12.6. The number of nitrogens with two attached hydrogens (primary N) is 1. The number of halogens is 1. The molecule has 2 aromatic rings. The van der Waals surface area contributed by atoms with E-state index in [-0.39, 0.29) is 16.9 Å². The van der Waals surface area contributed by atoms with Crippen molar-refractivity contribution in [2.24, 2.45) is 5.73 Å². The minimum Gasteiger partial charge on any atom is -0.326 e. The van der Waals surface area contributed by atoms with Gasteiger partial charge in [-0.25, -0.2) is 8.42 Å². The summed E-state index contributed by atoms with van der Waals surface area (Å²) in [5.74, 6) is -0.128. The molecule has 0 amide bonds. The molecule has 1 saturated carbocycles. The number of hydrogen-bond acceptors (Lipinski definition) is 3. The highest BCUT2D eigenvalue weighted by molar-refractivity contribution is 7.92. The predicted molar refractivity (Wildman–Crippen MR) is 79.6 cm³/mol. The fourth-order valence-corrected chi connectivity index (χ4v) is 4.75. The Balaban J connectivity index is 1.92. The van der Waals surface area contributed by atoms with Gasteiger partial charge in [-0.2, -0.15) is 0 Å². The zero-order chi connectivity index (χ0) is 14.3. The predicted octanol–water partition coefficient (Wildman–Crippen LogP) is 2.61. The SMILES string of the molecule is N[C@H]1[C@@H](c2ccccc2)[C@@H]1S(=O)(=O)c1ccc(Cl)cc1. The lowest BCUT2D eigenvalue weighted by Gasteiger charge is -2.04. The second-order valence-electron chi connectivity index (χ2n) is 4.98. The summed E-state index contributed by atoms with van der Waals surface area (Å²) >= 11 is 5.79. The smallest absolute Gasteiger partial charge is 0.183 e. The van der Waals surface area contributed by atoms with Crippen LogP contribution in [0.25, 0.3) is 0 Å². The van der Waals surface area contributed by atoms with Gasteiger partial charge in [0.25, 0.3) is 0 Å². The molecular weight excluding hydrogens is 294 g/mol. The molecule has 1 aliphatic rings. The van der Waals surface area contributed by atoms with Crippen LogP contribution in [0.15, 0.2) is 59.5 Å². The Morgan fingerprint density at radius 1 is 0.950 bits per heavy atom. The highest BCUT2D eigenvalue weighted by Gasteiger charge is 2.56. The summed E-state index contributed by atoms with van der Waals surface area (Å²) in [5, 5.41) is -0.0327. The third-order valence-electron chi connectivity index (χ3n) is 3.69. The zero-order valence-electron chi connectivity index (χ0n) is 10.6. The largest absolute Gasteiger partial charge is 0.326 e. The summed E-state index contributed by atoms with van der Waals surface area (Å²) in [6.45, 7) is 0. The zero-order valence-corrected chi connectivity index (χ0v) is 12.2. The lowest BCUT2D eigenvalue weighted by Crippen LogP contribution is -2.15. The normalized spacial score (nSPS) is 25.4. The van der Waals surface area contributed by atoms with Gasteiger partial charge in [-0.1, -0.05) is 41.9 Å². The quantitative estimate of drug-likeness (QED) is 0.948. The maximum Gasteiger partial charge on any atom is 0.183 e. The van der Waals surface area contributed by atoms with Gasteiger partial charge in [0.15, 0.2) is 9.84 Å². The average Bonchev–Trinajstić information content (AvgIpc) is 3.13. The van der Waals surface area contributed by atoms with Gasteiger partial charge in [-0.15, -0.1) is 0 Å². The summed E-state index contributed by atoms with van der Waals surface area (Å²) in [7, 11) is -3.41. The van der Waals surface area contributed by atoms with E-state index in [0.29, 0.717) is 5.02 Å². The molecule has 0 saturated heterocycles. The van der Waals surface area contributed by atoms with E-state index >= 15 is 0 Å². The molecule has 1 fully saturated rings. The number of hydrogen-bond donors (Lipinski definition) is 1. The van der Waals surface area contributed by atoms with Crippen molar-refractivity contribution in [1.29, 1.82) is 0 Å². The maximum absolute atomic E-state index is 12.6. The summed E-state index contributed by atoms with van der Waals surface area (Å²) < 4.78 is 25.2. The molecule has 0 bridgehead atoms. The third kappa shape index (κ3) is 2.24. The summed E-state index contributed by atoms with van der Waals surface area (Å²) in [6, 6.07) is 15.4. The molecule has 3 nitrogen and oxygen atoms in total. The van der Waals surface area contributed by atoms with Gasteiger partial charge in [0, 0.05) is 17.0 Å². The molecule has 5 heteroatoms. The summed E-state index contributed by atoms with van der Waals surface area (Å²) in [5.41, 5.74) is 6.97. The first-order chi connectivity index (χ1) is 9.51. The Morgan fingerprint density at radius 2 is 1.55 bits per heavy atom. The highest BCUT2D eigenvalue weighted by atomic mass is 35.5. The van der Waals surface area contributed by atoms with Gasteiger partial charge in [-0.05, 0) is 29.8 Å². The first-order valence-electron chi connectivity index (χ1n) is 6.32. The fourth-order valence-electron chi connectivity index (χ4n) is 2.57. The minimum atomic E-state index is -3.41. The van der Waals surface area contributed by atoms with Crippen LogP contribution in [0.4, 0.5) is 0 Å². The first-order valence-corrected chi connectivity index (χ1v) is 8.24. The Bertz CT molecular complexity index is 713. The van der Waals surface area contributed by atoms with E-state index in [9.17, 15) is 8.42 Å². The van der Waals surface area contributed by atoms with E-state index in [1.54, 1.807) is 12.1 Å². The molecule has 20 heavy (non-hydrogen) atoms. The Labute approximate surface area is 123 Å². The van der Waals surface area contributed by atoms with Crippen LogP contribution in [0.1, 0.15) is 11.5 Å². The van der Waals surface area contributed by atoms with E-state index in [1.165, 1.54) is 12.1 Å². The molecule has 0 spiro atoms. The van der Waals surface area contributed by atoms with Crippen molar-refractivity contribution in [1.82, 2.24) is 0 Å². The second kappa shape index (κ2) is 4.88. The second-order valence-corrected chi connectivity index (χ2v) is 7.52. The highest BCUT2D eigenvalue weighted by Crippen LogP contribution is 2.46. The van der Waals surface area contributed by atoms with Gasteiger partial charge in [0.1, 0.15) is 0 Å². The van der Waals surface area contributed by atoms with Gasteiger partial charge in [0.2, 0.25) is 0 Å². The molecule has 0 unspecified atom stereocenters. The minimum absolute atomic E-state index is 0.128. The Hall–Kier alpha value is -1.36. The van der Waals surface area contributed by atoms with E-state index in [4.69, 9.17) is 17.3 Å². The Kier molecular flexibility index (Phi) is 3.32. The molecule has 2 N–H and O–H groups in total. The molecule has 2 aromatic carbocycles. The topological polar surface area (TPSA) is 60.2 Å². The van der Waals surface area contributed by atoms with Crippen molar-refractivity contribution in [2.45, 2.75) is 22.1 Å². The standard InChI is InChI=1S/C15H14ClNO2S/c16-11-6-8-12(9-7-11)20(18,19)15-13(14(15)17)10-4-2-1-3-5-10/h1-9,13-15H,17H2/t13-,14+,15+/m1/s1. The van der Waals surface area contributed by atoms with Crippen LogP contribution in [0.5, 0.6) is 0 Å². The van der Waals surface area contributed by atoms with Crippen molar-refractivity contribution >= 4 is 21.4 Å². The Morgan fingerprint density at radius 3 is 2.15 bits per heavy atom. The molecule has 0 radical (unpaired) electrons. The van der Waals surface area contributed by atoms with Crippen LogP contribution < -0.4 is 5.73 Å². The molecular formula is C15H14ClNO2S. The van der Waals surface area contributed by atoms with Crippen LogP contribution in [0.3, 0.4) is 0 Å². The average molecular weight is 308 g/mol. The first kappa shape index (κ1) is 13.6. The molecule has 1 aliphatic carbocycles. The van der Waals surface area contributed by atoms with Crippen molar-refractivity contribution in [3.05, 3.63) is 65.2 Å². The molecule has 0 aliphatic heterocycles. The van der Waals surface area contributed by atoms with Crippen LogP contribution in [-0.4, -0.2) is 19.7 Å². The van der Waals surface area contributed by atoms with Crippen molar-refractivity contribution in [3.63, 3.8) is 0 Å². The number of rotatable bonds is 3. The van der Waals surface area contributed by atoms with E-state index in [0.717, 1.165) is 5.56 Å².